The van der Waals surface area contributed by atoms with Crippen LogP contribution in [-0.2, 0) is 20.9 Å². The summed E-state index contributed by atoms with van der Waals surface area (Å²) in [5.74, 6) is 1.28. The van der Waals surface area contributed by atoms with Gasteiger partial charge in [-0.25, -0.2) is 0 Å². The van der Waals surface area contributed by atoms with Crippen LogP contribution in [0.2, 0.25) is 0 Å². The minimum Gasteiger partial charge on any atom is -0.376 e. The highest BCUT2D eigenvalue weighted by Crippen LogP contribution is 2.25. The van der Waals surface area contributed by atoms with Crippen LogP contribution in [0.4, 0.5) is 0 Å². The van der Waals surface area contributed by atoms with Crippen LogP contribution < -0.4 is 0 Å². The van der Waals surface area contributed by atoms with Crippen molar-refractivity contribution < 1.29 is 18.8 Å². The summed E-state index contributed by atoms with van der Waals surface area (Å²) in [5, 5.41) is 6.04. The van der Waals surface area contributed by atoms with Crippen molar-refractivity contribution in [3.05, 3.63) is 41.4 Å². The van der Waals surface area contributed by atoms with E-state index in [-0.39, 0.29) is 25.2 Å². The Hall–Kier alpha value is -1.96. The fourth-order valence-electron chi connectivity index (χ4n) is 3.90. The molecule has 0 unspecified atom stereocenters. The lowest BCUT2D eigenvalue weighted by Crippen LogP contribution is -2.42. The van der Waals surface area contributed by atoms with Gasteiger partial charge in [0, 0.05) is 25.8 Å². The third-order valence-corrected chi connectivity index (χ3v) is 6.34. The van der Waals surface area contributed by atoms with Crippen LogP contribution in [0.5, 0.6) is 0 Å². The minimum atomic E-state index is 0.0250. The van der Waals surface area contributed by atoms with Gasteiger partial charge >= 0.3 is 0 Å². The average Bonchev–Trinajstić information content (AvgIpc) is 3.50. The summed E-state index contributed by atoms with van der Waals surface area (Å²) >= 11 is 1.60. The molecule has 1 fully saturated rings. The van der Waals surface area contributed by atoms with E-state index >= 15 is 0 Å². The van der Waals surface area contributed by atoms with Gasteiger partial charge in [-0.15, -0.1) is 11.3 Å². The molecule has 2 aliphatic rings. The summed E-state index contributed by atoms with van der Waals surface area (Å²) in [7, 11) is 0. The Kier molecular flexibility index (Phi) is 7.14. The largest absolute Gasteiger partial charge is 0.376 e. The van der Waals surface area contributed by atoms with Gasteiger partial charge in [0.25, 0.3) is 0 Å². The molecule has 6 nitrogen and oxygen atoms in total. The van der Waals surface area contributed by atoms with Gasteiger partial charge in [-0.3, -0.25) is 4.79 Å². The number of aromatic nitrogens is 1. The minimum absolute atomic E-state index is 0.0250. The summed E-state index contributed by atoms with van der Waals surface area (Å²) < 4.78 is 16.8. The quantitative estimate of drug-likeness (QED) is 0.571. The highest BCUT2D eigenvalue weighted by molar-refractivity contribution is 7.13. The summed E-state index contributed by atoms with van der Waals surface area (Å²) in [6.45, 7) is 2.55. The predicted octanol–water partition coefficient (Wildman–Crippen LogP) is 4.28. The maximum Gasteiger partial charge on any atom is 0.248 e. The van der Waals surface area contributed by atoms with Crippen LogP contribution in [0.25, 0.3) is 10.6 Å². The first-order valence-electron chi connectivity index (χ1n) is 10.4. The van der Waals surface area contributed by atoms with Gasteiger partial charge in [0.05, 0.1) is 17.6 Å². The Balaban J connectivity index is 1.29. The molecule has 1 aliphatic heterocycles. The third-order valence-electron chi connectivity index (χ3n) is 5.46. The molecular formula is C22H28N2O4S. The van der Waals surface area contributed by atoms with Crippen molar-refractivity contribution in [3.8, 4) is 10.6 Å². The van der Waals surface area contributed by atoms with Gasteiger partial charge < -0.3 is 18.9 Å². The molecule has 4 rings (SSSR count). The molecule has 0 N–H and O–H groups in total. The lowest BCUT2D eigenvalue weighted by atomic mass is 9.94. The average molecular weight is 417 g/mol. The van der Waals surface area contributed by atoms with Crippen molar-refractivity contribution in [2.24, 2.45) is 5.92 Å². The first kappa shape index (κ1) is 20.3. The molecule has 156 valence electrons. The number of allylic oxidation sites excluding steroid dienone is 2. The summed E-state index contributed by atoms with van der Waals surface area (Å²) in [4.78, 5) is 15.8. The van der Waals surface area contributed by atoms with E-state index in [1.807, 2.05) is 28.5 Å². The molecule has 0 radical (unpaired) electrons. The van der Waals surface area contributed by atoms with Crippen molar-refractivity contribution >= 4 is 17.2 Å². The standard InChI is InChI=1S/C22H28N2O4S/c25-22(16-26-15-18-12-20(28-23-18)21-9-5-11-29-21)24(14-19-8-4-10-27-19)13-17-6-2-1-3-7-17/h1-2,5,9,11-12,17,19H,3-4,6-8,10,13-16H2/t17-,19-/m0/s1. The number of hydrogen-bond donors (Lipinski definition) is 0. The molecule has 0 aromatic carbocycles. The van der Waals surface area contributed by atoms with Gasteiger partial charge in [0.15, 0.2) is 5.76 Å². The molecule has 1 aliphatic carbocycles. The Morgan fingerprint density at radius 2 is 2.28 bits per heavy atom. The van der Waals surface area contributed by atoms with Gasteiger partial charge in [-0.05, 0) is 49.5 Å². The summed E-state index contributed by atoms with van der Waals surface area (Å²) in [6, 6.07) is 5.83. The van der Waals surface area contributed by atoms with E-state index in [0.717, 1.165) is 55.9 Å². The first-order valence-corrected chi connectivity index (χ1v) is 11.3. The fourth-order valence-corrected chi connectivity index (χ4v) is 4.57. The second-order valence-electron chi connectivity index (χ2n) is 7.74. The van der Waals surface area contributed by atoms with E-state index in [4.69, 9.17) is 14.0 Å². The SMILES string of the molecule is O=C(COCc1cc(-c2cccs2)on1)N(C[C@H]1CC=CCC1)C[C@@H]1CCCO1. The van der Waals surface area contributed by atoms with Gasteiger partial charge in [0.2, 0.25) is 5.91 Å². The number of carbonyl (C=O) groups excluding carboxylic acids is 1. The first-order chi connectivity index (χ1) is 14.3. The molecule has 2 atom stereocenters. The molecule has 3 heterocycles. The van der Waals surface area contributed by atoms with E-state index in [2.05, 4.69) is 17.3 Å². The second-order valence-corrected chi connectivity index (χ2v) is 8.68. The van der Waals surface area contributed by atoms with Gasteiger partial charge in [0.1, 0.15) is 12.3 Å². The van der Waals surface area contributed by atoms with Crippen molar-refractivity contribution in [1.29, 1.82) is 0 Å². The summed E-state index contributed by atoms with van der Waals surface area (Å²) in [5.41, 5.74) is 0.698. The predicted molar refractivity (Wildman–Crippen MR) is 112 cm³/mol. The van der Waals surface area contributed by atoms with Gasteiger partial charge in [-0.2, -0.15) is 0 Å². The number of carbonyl (C=O) groups is 1. The number of ether oxygens (including phenoxy) is 2. The number of nitrogens with zero attached hydrogens (tertiary/aromatic N) is 2. The highest BCUT2D eigenvalue weighted by Gasteiger charge is 2.25. The molecule has 2 aromatic rings. The topological polar surface area (TPSA) is 64.8 Å². The molecule has 1 amide bonds. The highest BCUT2D eigenvalue weighted by atomic mass is 32.1. The van der Waals surface area contributed by atoms with Crippen LogP contribution in [0.15, 0.2) is 40.3 Å². The molecule has 7 heteroatoms. The van der Waals surface area contributed by atoms with E-state index in [1.165, 1.54) is 0 Å². The molecule has 0 bridgehead atoms. The monoisotopic (exact) mass is 416 g/mol. The van der Waals surface area contributed by atoms with Crippen LogP contribution in [0.3, 0.4) is 0 Å². The molecule has 0 saturated carbocycles. The van der Waals surface area contributed by atoms with E-state index in [9.17, 15) is 4.79 Å². The number of thiophene rings is 1. The van der Waals surface area contributed by atoms with Gasteiger partial charge in [-0.1, -0.05) is 23.4 Å². The molecule has 29 heavy (non-hydrogen) atoms. The lowest BCUT2D eigenvalue weighted by Gasteiger charge is -2.30. The second kappa shape index (κ2) is 10.2. The third kappa shape index (κ3) is 5.78. The molecule has 2 aromatic heterocycles. The summed E-state index contributed by atoms with van der Waals surface area (Å²) in [6.07, 6.45) is 10.00. The maximum absolute atomic E-state index is 12.9. The molecular weight excluding hydrogens is 388 g/mol. The van der Waals surface area contributed by atoms with Crippen LogP contribution in [0.1, 0.15) is 37.8 Å². The normalized spacial score (nSPS) is 21.5. The molecule has 1 saturated heterocycles. The van der Waals surface area contributed by atoms with Crippen LogP contribution in [-0.4, -0.2) is 48.4 Å². The zero-order valence-corrected chi connectivity index (χ0v) is 17.4. The van der Waals surface area contributed by atoms with Crippen LogP contribution in [0, 0.1) is 5.92 Å². The Morgan fingerprint density at radius 1 is 1.31 bits per heavy atom. The van der Waals surface area contributed by atoms with Crippen molar-refractivity contribution in [2.75, 3.05) is 26.3 Å². The molecule has 0 spiro atoms. The van der Waals surface area contributed by atoms with Crippen molar-refractivity contribution in [1.82, 2.24) is 10.1 Å². The van der Waals surface area contributed by atoms with E-state index in [0.29, 0.717) is 18.2 Å². The van der Waals surface area contributed by atoms with Crippen molar-refractivity contribution in [3.63, 3.8) is 0 Å². The zero-order chi connectivity index (χ0) is 19.9. The number of amides is 1. The smallest absolute Gasteiger partial charge is 0.248 e. The number of hydrogen-bond acceptors (Lipinski definition) is 6. The number of rotatable bonds is 9. The zero-order valence-electron chi connectivity index (χ0n) is 16.6. The Morgan fingerprint density at radius 3 is 3.03 bits per heavy atom. The van der Waals surface area contributed by atoms with Crippen molar-refractivity contribution in [2.45, 2.75) is 44.8 Å². The van der Waals surface area contributed by atoms with E-state index < -0.39 is 0 Å². The lowest BCUT2D eigenvalue weighted by molar-refractivity contribution is -0.139. The van der Waals surface area contributed by atoms with E-state index in [1.54, 1.807) is 11.3 Å². The van der Waals surface area contributed by atoms with Crippen LogP contribution >= 0.6 is 11.3 Å². The fraction of sp³-hybridized carbons (Fsp3) is 0.545. The maximum atomic E-state index is 12.9. The Bertz CT molecular complexity index is 796. The Labute approximate surface area is 175 Å².